The lowest BCUT2D eigenvalue weighted by Gasteiger charge is -2.39. The molecule has 11 nitrogen and oxygen atoms in total. The average molecular weight is 590 g/mol. The minimum atomic E-state index is -0.499. The first-order chi connectivity index (χ1) is 20.9. The molecule has 3 aliphatic rings. The zero-order valence-corrected chi connectivity index (χ0v) is 24.4. The smallest absolute Gasteiger partial charge is 0.258 e. The van der Waals surface area contributed by atoms with Crippen molar-refractivity contribution in [1.29, 1.82) is 0 Å². The lowest BCUT2D eigenvalue weighted by molar-refractivity contribution is -0.133. The van der Waals surface area contributed by atoms with Gasteiger partial charge in [0.05, 0.1) is 33.8 Å². The molecule has 0 saturated carbocycles. The summed E-state index contributed by atoms with van der Waals surface area (Å²) in [5, 5.41) is 5.89. The molecule has 3 aromatic rings. The van der Waals surface area contributed by atoms with Gasteiger partial charge in [-0.2, -0.15) is 0 Å². The maximum absolute atomic E-state index is 13.5. The van der Waals surface area contributed by atoms with Gasteiger partial charge in [0.1, 0.15) is 11.9 Å². The first-order valence-corrected chi connectivity index (χ1v) is 14.0. The molecule has 3 aliphatic heterocycles. The highest BCUT2D eigenvalue weighted by Gasteiger charge is 2.34. The van der Waals surface area contributed by atoms with Crippen LogP contribution in [-0.4, -0.2) is 75.8 Å². The Balaban J connectivity index is 1.39. The second-order valence-electron chi connectivity index (χ2n) is 10.3. The van der Waals surface area contributed by atoms with Gasteiger partial charge in [-0.1, -0.05) is 18.2 Å². The van der Waals surface area contributed by atoms with Crippen molar-refractivity contribution in [2.45, 2.75) is 31.5 Å². The predicted molar refractivity (Wildman–Crippen MR) is 157 cm³/mol. The van der Waals surface area contributed by atoms with Crippen molar-refractivity contribution in [2.75, 3.05) is 41.0 Å². The molecule has 0 unspecified atom stereocenters. The number of hydrogen-bond acceptors (Lipinski definition) is 8. The number of rotatable bonds is 5. The molecule has 226 valence electrons. The monoisotopic (exact) mass is 589 g/mol. The third-order valence-electron chi connectivity index (χ3n) is 7.51. The van der Waals surface area contributed by atoms with Gasteiger partial charge in [-0.15, -0.1) is 0 Å². The van der Waals surface area contributed by atoms with Crippen molar-refractivity contribution in [2.24, 2.45) is 0 Å². The van der Waals surface area contributed by atoms with Gasteiger partial charge in [0.15, 0.2) is 29.6 Å². The summed E-state index contributed by atoms with van der Waals surface area (Å²) in [6.07, 6.45) is 0.293. The summed E-state index contributed by atoms with van der Waals surface area (Å²) in [4.78, 5) is 41.1. The summed E-state index contributed by atoms with van der Waals surface area (Å²) in [6, 6.07) is 17.1. The molecule has 3 heterocycles. The fourth-order valence-corrected chi connectivity index (χ4v) is 5.15. The molecule has 1 saturated heterocycles. The van der Waals surface area contributed by atoms with Crippen LogP contribution in [0.3, 0.4) is 0 Å². The number of ether oxygens (including phenoxy) is 5. The van der Waals surface area contributed by atoms with E-state index in [4.69, 9.17) is 23.7 Å². The lowest BCUT2D eigenvalue weighted by Crippen LogP contribution is -2.58. The summed E-state index contributed by atoms with van der Waals surface area (Å²) in [5.41, 5.74) is 2.00. The Bertz CT molecular complexity index is 1480. The molecular weight excluding hydrogens is 554 g/mol. The van der Waals surface area contributed by atoms with Crippen molar-refractivity contribution >= 4 is 17.7 Å². The molecule has 2 atom stereocenters. The van der Waals surface area contributed by atoms with E-state index in [1.807, 2.05) is 30.3 Å². The van der Waals surface area contributed by atoms with Gasteiger partial charge in [-0.25, -0.2) is 0 Å². The van der Waals surface area contributed by atoms with Crippen LogP contribution < -0.4 is 34.3 Å². The molecule has 11 heteroatoms. The van der Waals surface area contributed by atoms with Gasteiger partial charge in [0.2, 0.25) is 5.91 Å². The van der Waals surface area contributed by atoms with Crippen LogP contribution in [0.1, 0.15) is 27.9 Å². The number of likely N-dealkylation sites (tertiary alicyclic amines) is 1. The van der Waals surface area contributed by atoms with Crippen LogP contribution in [0.25, 0.3) is 0 Å². The van der Waals surface area contributed by atoms with Gasteiger partial charge in [-0.05, 0) is 53.6 Å². The van der Waals surface area contributed by atoms with Crippen LogP contribution in [-0.2, 0) is 22.6 Å². The van der Waals surface area contributed by atoms with E-state index >= 15 is 0 Å². The summed E-state index contributed by atoms with van der Waals surface area (Å²) in [6.45, 7) is 0.805. The fraction of sp³-hybridized carbons (Fsp3) is 0.344. The SMILES string of the molecule is COc1ccc(CC(=O)N2CC[C@H]3Oc4ccc(cc4)CNC(=O)COc4cc(ccc4OC)C(=O)N[C@H]3C2)cc1OC. The molecule has 2 N–H and O–H groups in total. The molecular formula is C32H35N3O8. The molecule has 4 bridgehead atoms. The van der Waals surface area contributed by atoms with Crippen LogP contribution in [0.15, 0.2) is 60.7 Å². The van der Waals surface area contributed by atoms with E-state index in [1.54, 1.807) is 43.4 Å². The van der Waals surface area contributed by atoms with E-state index < -0.39 is 6.04 Å². The first kappa shape index (κ1) is 29.6. The van der Waals surface area contributed by atoms with E-state index in [0.29, 0.717) is 48.1 Å². The summed E-state index contributed by atoms with van der Waals surface area (Å²) in [7, 11) is 4.60. The molecule has 3 amide bonds. The summed E-state index contributed by atoms with van der Waals surface area (Å²) >= 11 is 0. The Morgan fingerprint density at radius 1 is 0.930 bits per heavy atom. The van der Waals surface area contributed by atoms with Crippen molar-refractivity contribution < 1.29 is 38.1 Å². The Morgan fingerprint density at radius 3 is 2.42 bits per heavy atom. The minimum Gasteiger partial charge on any atom is -0.493 e. The van der Waals surface area contributed by atoms with Crippen LogP contribution in [0.4, 0.5) is 0 Å². The number of nitrogens with one attached hydrogen (secondary N) is 2. The number of piperidine rings is 1. The Morgan fingerprint density at radius 2 is 1.67 bits per heavy atom. The minimum absolute atomic E-state index is 0.0787. The number of methoxy groups -OCH3 is 3. The molecule has 1 fully saturated rings. The highest BCUT2D eigenvalue weighted by atomic mass is 16.5. The second kappa shape index (κ2) is 13.4. The lowest BCUT2D eigenvalue weighted by atomic mass is 9.99. The van der Waals surface area contributed by atoms with E-state index in [0.717, 1.165) is 11.1 Å². The van der Waals surface area contributed by atoms with E-state index in [-0.39, 0.29) is 49.1 Å². The molecule has 6 rings (SSSR count). The molecule has 0 radical (unpaired) electrons. The van der Waals surface area contributed by atoms with Crippen LogP contribution in [0, 0.1) is 0 Å². The standard InChI is InChI=1S/C32H35N3O8/c1-39-26-10-6-21(14-28(26)41-3)15-31(37)35-13-12-25-24(18-35)34-32(38)22-7-11-27(40-2)29(16-22)42-19-30(36)33-17-20-4-8-23(43-25)9-5-20/h4-11,14,16,24-25H,12-13,15,17-19H2,1-3H3,(H,33,36)(H,34,38)/t24-,25+/m0/s1. The highest BCUT2D eigenvalue weighted by molar-refractivity contribution is 5.95. The van der Waals surface area contributed by atoms with E-state index in [9.17, 15) is 14.4 Å². The largest absolute Gasteiger partial charge is 0.493 e. The van der Waals surface area contributed by atoms with Crippen molar-refractivity contribution in [3.05, 3.63) is 77.4 Å². The number of benzene rings is 3. The average Bonchev–Trinajstić information content (AvgIpc) is 3.03. The molecule has 43 heavy (non-hydrogen) atoms. The Labute approximate surface area is 250 Å². The van der Waals surface area contributed by atoms with Crippen molar-refractivity contribution in [3.63, 3.8) is 0 Å². The summed E-state index contributed by atoms with van der Waals surface area (Å²) in [5.74, 6) is 1.66. The fourth-order valence-electron chi connectivity index (χ4n) is 5.15. The number of amides is 3. The third-order valence-corrected chi connectivity index (χ3v) is 7.51. The van der Waals surface area contributed by atoms with Gasteiger partial charge in [0.25, 0.3) is 11.8 Å². The third kappa shape index (κ3) is 7.11. The number of fused-ring (bicyclic) bond motifs is 7. The number of hydrogen-bond donors (Lipinski definition) is 2. The van der Waals surface area contributed by atoms with E-state index in [2.05, 4.69) is 10.6 Å². The number of carbonyl (C=O) groups excluding carboxylic acids is 3. The Kier molecular flexibility index (Phi) is 9.19. The molecule has 0 spiro atoms. The topological polar surface area (TPSA) is 125 Å². The second-order valence-corrected chi connectivity index (χ2v) is 10.3. The maximum Gasteiger partial charge on any atom is 0.258 e. The quantitative estimate of drug-likeness (QED) is 0.466. The maximum atomic E-state index is 13.5. The van der Waals surface area contributed by atoms with Crippen LogP contribution in [0.5, 0.6) is 28.7 Å². The van der Waals surface area contributed by atoms with Crippen molar-refractivity contribution in [3.8, 4) is 28.7 Å². The number of carbonyl (C=O) groups is 3. The van der Waals surface area contributed by atoms with Gasteiger partial charge < -0.3 is 39.2 Å². The highest BCUT2D eigenvalue weighted by Crippen LogP contribution is 2.30. The van der Waals surface area contributed by atoms with Gasteiger partial charge >= 0.3 is 0 Å². The Hall–Kier alpha value is -4.93. The predicted octanol–water partition coefficient (Wildman–Crippen LogP) is 2.74. The zero-order valence-electron chi connectivity index (χ0n) is 24.4. The zero-order chi connectivity index (χ0) is 30.3. The van der Waals surface area contributed by atoms with Crippen molar-refractivity contribution in [1.82, 2.24) is 15.5 Å². The van der Waals surface area contributed by atoms with Gasteiger partial charge in [-0.3, -0.25) is 14.4 Å². The normalized spacial score (nSPS) is 18.6. The number of nitrogens with zero attached hydrogens (tertiary/aromatic N) is 1. The first-order valence-electron chi connectivity index (χ1n) is 14.0. The molecule has 0 aromatic heterocycles. The molecule has 3 aromatic carbocycles. The summed E-state index contributed by atoms with van der Waals surface area (Å²) < 4.78 is 28.1. The van der Waals surface area contributed by atoms with Gasteiger partial charge in [0, 0.05) is 31.6 Å². The van der Waals surface area contributed by atoms with Crippen LogP contribution >= 0.6 is 0 Å². The van der Waals surface area contributed by atoms with Crippen LogP contribution in [0.2, 0.25) is 0 Å². The van der Waals surface area contributed by atoms with E-state index in [1.165, 1.54) is 13.2 Å². The molecule has 0 aliphatic carbocycles.